The van der Waals surface area contributed by atoms with Gasteiger partial charge in [0.2, 0.25) is 5.91 Å². The van der Waals surface area contributed by atoms with E-state index in [2.05, 4.69) is 73.8 Å². The molecule has 0 fully saturated rings. The fourth-order valence-electron chi connectivity index (χ4n) is 4.91. The topological polar surface area (TPSA) is 128 Å². The number of rotatable bonds is 33. The largest absolute Gasteiger partial charge is 0.756 e. The van der Waals surface area contributed by atoms with Crippen LogP contribution < -0.4 is 10.2 Å². The molecule has 0 aromatic heterocycles. The molecule has 0 radical (unpaired) electrons. The number of amides is 1. The van der Waals surface area contributed by atoms with E-state index in [1.807, 2.05) is 33.3 Å². The first kappa shape index (κ1) is 48.9. The molecular formula is C41H73N2O7P. The van der Waals surface area contributed by atoms with Crippen molar-refractivity contribution in [2.75, 3.05) is 40.9 Å². The van der Waals surface area contributed by atoms with Gasteiger partial charge in [0.15, 0.2) is 0 Å². The Bertz CT molecular complexity index is 1080. The van der Waals surface area contributed by atoms with Gasteiger partial charge in [-0.2, -0.15) is 0 Å². The van der Waals surface area contributed by atoms with E-state index in [9.17, 15) is 24.5 Å². The van der Waals surface area contributed by atoms with E-state index in [1.165, 1.54) is 44.9 Å². The summed E-state index contributed by atoms with van der Waals surface area (Å²) in [7, 11) is 1.03. The second-order valence-electron chi connectivity index (χ2n) is 14.0. The third kappa shape index (κ3) is 33.5. The van der Waals surface area contributed by atoms with Crippen LogP contribution in [0.4, 0.5) is 0 Å². The molecule has 294 valence electrons. The summed E-state index contributed by atoms with van der Waals surface area (Å²) in [5.74, 6) is -0.420. The molecule has 51 heavy (non-hydrogen) atoms. The van der Waals surface area contributed by atoms with Crippen molar-refractivity contribution in [3.63, 3.8) is 0 Å². The van der Waals surface area contributed by atoms with Gasteiger partial charge < -0.3 is 34.0 Å². The molecule has 0 aliphatic carbocycles. The number of likely N-dealkylation sites (N-methyl/N-ethyl adjacent to an activating group) is 1. The fraction of sp³-hybridized carbons (Fsp3) is 0.683. The molecule has 0 spiro atoms. The summed E-state index contributed by atoms with van der Waals surface area (Å²) in [6.45, 7) is 4.17. The maximum absolute atomic E-state index is 12.8. The van der Waals surface area contributed by atoms with Gasteiger partial charge in [0.05, 0.1) is 39.9 Å². The lowest BCUT2D eigenvalue weighted by molar-refractivity contribution is -0.870. The minimum Gasteiger partial charge on any atom is -0.756 e. The Morgan fingerprint density at radius 3 is 1.78 bits per heavy atom. The Kier molecular flexibility index (Phi) is 31.2. The normalized spacial score (nSPS) is 16.0. The third-order valence-corrected chi connectivity index (χ3v) is 9.01. The number of nitrogens with one attached hydrogen (secondary N) is 1. The number of phosphoric acid groups is 1. The number of quaternary nitrogens is 1. The molecule has 0 aromatic rings. The lowest BCUT2D eigenvalue weighted by Gasteiger charge is -2.31. The summed E-state index contributed by atoms with van der Waals surface area (Å²) < 4.78 is 23.0. The van der Waals surface area contributed by atoms with Gasteiger partial charge in [-0.3, -0.25) is 9.36 Å². The Morgan fingerprint density at radius 2 is 1.24 bits per heavy atom. The Morgan fingerprint density at radius 1 is 0.725 bits per heavy atom. The van der Waals surface area contributed by atoms with Crippen molar-refractivity contribution in [3.05, 3.63) is 72.9 Å². The Hall–Kier alpha value is -2.10. The zero-order valence-corrected chi connectivity index (χ0v) is 33.5. The molecule has 0 saturated heterocycles. The zero-order chi connectivity index (χ0) is 38.1. The first-order valence-corrected chi connectivity index (χ1v) is 20.8. The van der Waals surface area contributed by atoms with E-state index < -0.39 is 38.6 Å². The molecule has 9 nitrogen and oxygen atoms in total. The monoisotopic (exact) mass is 737 g/mol. The summed E-state index contributed by atoms with van der Waals surface area (Å²) in [5, 5.41) is 24.3. The molecular weight excluding hydrogens is 663 g/mol. The minimum atomic E-state index is -4.69. The van der Waals surface area contributed by atoms with Crippen molar-refractivity contribution in [2.45, 2.75) is 141 Å². The van der Waals surface area contributed by atoms with Crippen LogP contribution in [0.3, 0.4) is 0 Å². The van der Waals surface area contributed by atoms with Gasteiger partial charge in [-0.05, 0) is 64.2 Å². The second-order valence-corrected chi connectivity index (χ2v) is 15.5. The highest BCUT2D eigenvalue weighted by Gasteiger charge is 2.29. The lowest BCUT2D eigenvalue weighted by Crippen LogP contribution is -2.51. The van der Waals surface area contributed by atoms with Crippen molar-refractivity contribution in [2.24, 2.45) is 0 Å². The van der Waals surface area contributed by atoms with E-state index in [0.717, 1.165) is 38.5 Å². The number of hydrogen-bond acceptors (Lipinski definition) is 7. The molecule has 0 aliphatic rings. The predicted octanol–water partition coefficient (Wildman–Crippen LogP) is 8.41. The highest BCUT2D eigenvalue weighted by molar-refractivity contribution is 7.45. The molecule has 3 N–H and O–H groups in total. The standard InChI is InChI=1S/C41H73N2O7P/c1-6-8-10-12-14-16-18-20-21-22-24-26-28-30-32-34-40(45)42-38(37-50-51(47,48)49-36-35-43(3,4)5)41(46)39(44)33-31-29-27-25-23-19-17-15-13-11-9-7-2/h8,10,14,16,20-21,24-27,30,32,38-39,41,44,46H,6-7,9,11-13,15,17-19,22-23,28-29,31,33-37H2,1-5H3,(H-,42,45,47,48)/b10-8-,16-14-,21-20-,26-24-,27-25+,32-30-. The quantitative estimate of drug-likeness (QED) is 0.0267. The van der Waals surface area contributed by atoms with Gasteiger partial charge in [-0.15, -0.1) is 0 Å². The van der Waals surface area contributed by atoms with Crippen molar-refractivity contribution >= 4 is 13.7 Å². The lowest BCUT2D eigenvalue weighted by atomic mass is 10.0. The molecule has 1 amide bonds. The molecule has 4 unspecified atom stereocenters. The van der Waals surface area contributed by atoms with Gasteiger partial charge in [-0.1, -0.05) is 125 Å². The van der Waals surface area contributed by atoms with Crippen molar-refractivity contribution < 1.29 is 38.0 Å². The van der Waals surface area contributed by atoms with Crippen LogP contribution in [0.2, 0.25) is 0 Å². The second kappa shape index (κ2) is 32.5. The summed E-state index contributed by atoms with van der Waals surface area (Å²) in [6.07, 6.45) is 38.4. The zero-order valence-electron chi connectivity index (χ0n) is 32.6. The molecule has 10 heteroatoms. The van der Waals surface area contributed by atoms with Crippen LogP contribution in [0.5, 0.6) is 0 Å². The number of carbonyl (C=O) groups is 1. The van der Waals surface area contributed by atoms with Gasteiger partial charge in [0.25, 0.3) is 7.82 Å². The number of aliphatic hydroxyl groups excluding tert-OH is 2. The highest BCUT2D eigenvalue weighted by atomic mass is 31.2. The van der Waals surface area contributed by atoms with Crippen LogP contribution in [-0.4, -0.2) is 79.8 Å². The number of aliphatic hydroxyl groups is 2. The minimum absolute atomic E-state index is 0.0331. The van der Waals surface area contributed by atoms with E-state index in [4.69, 9.17) is 9.05 Å². The van der Waals surface area contributed by atoms with E-state index in [1.54, 1.807) is 6.08 Å². The van der Waals surface area contributed by atoms with Gasteiger partial charge in [0.1, 0.15) is 19.3 Å². The van der Waals surface area contributed by atoms with Crippen molar-refractivity contribution in [3.8, 4) is 0 Å². The molecule has 0 aromatic carbocycles. The number of carbonyl (C=O) groups excluding carboxylic acids is 1. The van der Waals surface area contributed by atoms with Gasteiger partial charge >= 0.3 is 0 Å². The number of phosphoric ester groups is 1. The van der Waals surface area contributed by atoms with Crippen molar-refractivity contribution in [1.29, 1.82) is 0 Å². The van der Waals surface area contributed by atoms with Crippen LogP contribution in [0.15, 0.2) is 72.9 Å². The van der Waals surface area contributed by atoms with E-state index in [-0.39, 0.29) is 13.0 Å². The molecule has 4 atom stereocenters. The van der Waals surface area contributed by atoms with Crippen LogP contribution in [0, 0.1) is 0 Å². The summed E-state index contributed by atoms with van der Waals surface area (Å²) in [6, 6.07) is -1.15. The van der Waals surface area contributed by atoms with E-state index in [0.29, 0.717) is 30.3 Å². The molecule has 0 rings (SSSR count). The van der Waals surface area contributed by atoms with Crippen LogP contribution in [-0.2, 0) is 18.4 Å². The first-order chi connectivity index (χ1) is 24.4. The van der Waals surface area contributed by atoms with Gasteiger partial charge in [0, 0.05) is 6.42 Å². The molecule has 0 saturated carbocycles. The predicted molar refractivity (Wildman–Crippen MR) is 211 cm³/mol. The third-order valence-electron chi connectivity index (χ3n) is 8.05. The molecule has 0 bridgehead atoms. The number of allylic oxidation sites excluding steroid dienone is 11. The number of hydrogen-bond donors (Lipinski definition) is 3. The molecule has 0 aliphatic heterocycles. The average molecular weight is 737 g/mol. The summed E-state index contributed by atoms with van der Waals surface area (Å²) in [4.78, 5) is 25.2. The average Bonchev–Trinajstić information content (AvgIpc) is 3.07. The Balaban J connectivity index is 4.84. The Labute approximate surface area is 311 Å². The smallest absolute Gasteiger partial charge is 0.268 e. The SMILES string of the molecule is CC/C=C\C/C=C\C/C=C\C/C=C\C/C=C\CC(=O)NC(COP(=O)([O-])OCC[N+](C)(C)C)C(O)C(O)CCC/C=C/CCCCCCCCC. The van der Waals surface area contributed by atoms with E-state index >= 15 is 0 Å². The fourth-order valence-corrected chi connectivity index (χ4v) is 5.63. The highest BCUT2D eigenvalue weighted by Crippen LogP contribution is 2.38. The summed E-state index contributed by atoms with van der Waals surface area (Å²) in [5.41, 5.74) is 0. The van der Waals surface area contributed by atoms with Crippen molar-refractivity contribution in [1.82, 2.24) is 5.32 Å². The summed E-state index contributed by atoms with van der Waals surface area (Å²) >= 11 is 0. The van der Waals surface area contributed by atoms with Gasteiger partial charge in [-0.25, -0.2) is 0 Å². The molecule has 0 heterocycles. The van der Waals surface area contributed by atoms with Crippen LogP contribution in [0.25, 0.3) is 0 Å². The number of unbranched alkanes of at least 4 members (excludes halogenated alkanes) is 8. The maximum Gasteiger partial charge on any atom is 0.268 e. The van der Waals surface area contributed by atoms with Crippen LogP contribution in [0.1, 0.15) is 123 Å². The van der Waals surface area contributed by atoms with Crippen LogP contribution >= 0.6 is 7.82 Å². The maximum atomic E-state index is 12.8. The first-order valence-electron chi connectivity index (χ1n) is 19.4. The number of nitrogens with zero attached hydrogens (tertiary/aromatic N) is 1.